The van der Waals surface area contributed by atoms with Crippen molar-refractivity contribution in [2.24, 2.45) is 11.1 Å². The third-order valence-corrected chi connectivity index (χ3v) is 4.29. The van der Waals surface area contributed by atoms with Gasteiger partial charge in [-0.15, -0.1) is 12.4 Å². The topological polar surface area (TPSA) is 93.5 Å². The lowest BCUT2D eigenvalue weighted by Crippen LogP contribution is -2.49. The van der Waals surface area contributed by atoms with E-state index in [0.717, 1.165) is 5.56 Å². The molecule has 0 unspecified atom stereocenters. The van der Waals surface area contributed by atoms with Gasteiger partial charge in [0.05, 0.1) is 5.41 Å². The highest BCUT2D eigenvalue weighted by Crippen LogP contribution is 2.29. The van der Waals surface area contributed by atoms with Crippen LogP contribution in [0.15, 0.2) is 30.3 Å². The van der Waals surface area contributed by atoms with Crippen molar-refractivity contribution in [1.29, 1.82) is 0 Å². The molecule has 2 amide bonds. The Balaban J connectivity index is 0.00000288. The highest BCUT2D eigenvalue weighted by atomic mass is 35.5. The lowest BCUT2D eigenvalue weighted by molar-refractivity contribution is -0.136. The molecule has 1 aliphatic heterocycles. The summed E-state index contributed by atoms with van der Waals surface area (Å²) in [7, 11) is 0. The van der Waals surface area contributed by atoms with Gasteiger partial charge in [0.15, 0.2) is 0 Å². The number of carbonyl (C=O) groups is 2. The van der Waals surface area contributed by atoms with Crippen molar-refractivity contribution in [3.05, 3.63) is 35.9 Å². The summed E-state index contributed by atoms with van der Waals surface area (Å²) in [5.74, 6) is -0.151. The van der Waals surface area contributed by atoms with Crippen molar-refractivity contribution in [2.75, 3.05) is 26.3 Å². The van der Waals surface area contributed by atoms with Crippen LogP contribution in [-0.4, -0.2) is 38.1 Å². The maximum Gasteiger partial charge on any atom is 0.227 e. The van der Waals surface area contributed by atoms with E-state index < -0.39 is 5.41 Å². The molecule has 1 aliphatic rings. The summed E-state index contributed by atoms with van der Waals surface area (Å²) in [5.41, 5.74) is 6.29. The SMILES string of the molecule is Cl.NCC1(C(=O)NCCC(=O)NCc2ccccc2)CCOCC1. The molecule has 7 heteroatoms. The highest BCUT2D eigenvalue weighted by molar-refractivity contribution is 5.85. The van der Waals surface area contributed by atoms with Crippen LogP contribution < -0.4 is 16.4 Å². The minimum atomic E-state index is -0.543. The summed E-state index contributed by atoms with van der Waals surface area (Å²) >= 11 is 0. The quantitative estimate of drug-likeness (QED) is 0.679. The van der Waals surface area contributed by atoms with Crippen LogP contribution in [0.3, 0.4) is 0 Å². The van der Waals surface area contributed by atoms with Gasteiger partial charge in [-0.2, -0.15) is 0 Å². The van der Waals surface area contributed by atoms with Crippen LogP contribution >= 0.6 is 12.4 Å². The minimum Gasteiger partial charge on any atom is -0.381 e. The third-order valence-electron chi connectivity index (χ3n) is 4.29. The maximum atomic E-state index is 12.3. The van der Waals surface area contributed by atoms with Gasteiger partial charge in [0, 0.05) is 39.3 Å². The van der Waals surface area contributed by atoms with Crippen LogP contribution in [0, 0.1) is 5.41 Å². The fraction of sp³-hybridized carbons (Fsp3) is 0.529. The lowest BCUT2D eigenvalue weighted by Gasteiger charge is -2.34. The van der Waals surface area contributed by atoms with Crippen molar-refractivity contribution in [3.8, 4) is 0 Å². The van der Waals surface area contributed by atoms with Gasteiger partial charge in [0.1, 0.15) is 0 Å². The van der Waals surface area contributed by atoms with Crippen LogP contribution in [0.1, 0.15) is 24.8 Å². The van der Waals surface area contributed by atoms with E-state index in [2.05, 4.69) is 10.6 Å². The summed E-state index contributed by atoms with van der Waals surface area (Å²) in [6.45, 7) is 2.24. The predicted octanol–water partition coefficient (Wildman–Crippen LogP) is 0.986. The molecule has 0 bridgehead atoms. The molecular formula is C17H26ClN3O3. The summed E-state index contributed by atoms with van der Waals surface area (Å²) in [6.07, 6.45) is 1.53. The first-order valence-corrected chi connectivity index (χ1v) is 8.03. The van der Waals surface area contributed by atoms with Crippen LogP contribution in [-0.2, 0) is 20.9 Å². The molecular weight excluding hydrogens is 330 g/mol. The molecule has 1 saturated heterocycles. The molecule has 24 heavy (non-hydrogen) atoms. The molecule has 0 aromatic heterocycles. The van der Waals surface area contributed by atoms with E-state index in [1.54, 1.807) is 0 Å². The van der Waals surface area contributed by atoms with E-state index in [1.165, 1.54) is 0 Å². The zero-order valence-electron chi connectivity index (χ0n) is 13.8. The van der Waals surface area contributed by atoms with Crippen molar-refractivity contribution < 1.29 is 14.3 Å². The normalized spacial score (nSPS) is 15.9. The van der Waals surface area contributed by atoms with Gasteiger partial charge < -0.3 is 21.1 Å². The first kappa shape index (κ1) is 20.4. The van der Waals surface area contributed by atoms with E-state index in [0.29, 0.717) is 45.7 Å². The average Bonchev–Trinajstić information content (AvgIpc) is 2.61. The van der Waals surface area contributed by atoms with Crippen LogP contribution in [0.5, 0.6) is 0 Å². The lowest BCUT2D eigenvalue weighted by atomic mass is 9.79. The van der Waals surface area contributed by atoms with Gasteiger partial charge in [0.2, 0.25) is 11.8 Å². The van der Waals surface area contributed by atoms with E-state index in [-0.39, 0.29) is 30.6 Å². The number of nitrogens with one attached hydrogen (secondary N) is 2. The number of amides is 2. The van der Waals surface area contributed by atoms with Crippen molar-refractivity contribution in [1.82, 2.24) is 10.6 Å². The van der Waals surface area contributed by atoms with Crippen LogP contribution in [0.4, 0.5) is 0 Å². The molecule has 1 heterocycles. The number of ether oxygens (including phenoxy) is 1. The van der Waals surface area contributed by atoms with Gasteiger partial charge in [0.25, 0.3) is 0 Å². The number of nitrogens with two attached hydrogens (primary N) is 1. The van der Waals surface area contributed by atoms with Gasteiger partial charge >= 0.3 is 0 Å². The number of carbonyl (C=O) groups excluding carboxylic acids is 2. The van der Waals surface area contributed by atoms with Crippen molar-refractivity contribution in [2.45, 2.75) is 25.8 Å². The Bertz CT molecular complexity index is 519. The van der Waals surface area contributed by atoms with E-state index >= 15 is 0 Å². The third kappa shape index (κ3) is 5.78. The van der Waals surface area contributed by atoms with Crippen molar-refractivity contribution in [3.63, 3.8) is 0 Å². The summed E-state index contributed by atoms with van der Waals surface area (Å²) in [4.78, 5) is 24.1. The Morgan fingerprint density at radius 1 is 1.12 bits per heavy atom. The molecule has 1 fully saturated rings. The second-order valence-electron chi connectivity index (χ2n) is 5.87. The first-order chi connectivity index (χ1) is 11.2. The zero-order valence-corrected chi connectivity index (χ0v) is 14.6. The maximum absolute atomic E-state index is 12.3. The Morgan fingerprint density at radius 3 is 2.42 bits per heavy atom. The Hall–Kier alpha value is -1.63. The molecule has 2 rings (SSSR count). The fourth-order valence-corrected chi connectivity index (χ4v) is 2.65. The standard InChI is InChI=1S/C17H25N3O3.ClH/c18-13-17(7-10-23-11-8-17)16(22)19-9-6-15(21)20-12-14-4-2-1-3-5-14;/h1-5H,6-13,18H2,(H,19,22)(H,20,21);1H. The van der Waals surface area contributed by atoms with E-state index in [1.807, 2.05) is 30.3 Å². The number of hydrogen-bond donors (Lipinski definition) is 3. The van der Waals surface area contributed by atoms with E-state index in [9.17, 15) is 9.59 Å². The number of hydrogen-bond acceptors (Lipinski definition) is 4. The predicted molar refractivity (Wildman–Crippen MR) is 94.7 cm³/mol. The van der Waals surface area contributed by atoms with E-state index in [4.69, 9.17) is 10.5 Å². The second-order valence-corrected chi connectivity index (χ2v) is 5.87. The number of benzene rings is 1. The van der Waals surface area contributed by atoms with Crippen LogP contribution in [0.2, 0.25) is 0 Å². The summed E-state index contributed by atoms with van der Waals surface area (Å²) < 4.78 is 5.29. The molecule has 0 aliphatic carbocycles. The highest BCUT2D eigenvalue weighted by Gasteiger charge is 2.38. The fourth-order valence-electron chi connectivity index (χ4n) is 2.65. The smallest absolute Gasteiger partial charge is 0.227 e. The molecule has 0 saturated carbocycles. The molecule has 134 valence electrons. The molecule has 1 aromatic rings. The monoisotopic (exact) mass is 355 g/mol. The second kappa shape index (κ2) is 10.3. The minimum absolute atomic E-state index is 0. The summed E-state index contributed by atoms with van der Waals surface area (Å²) in [6, 6.07) is 9.71. The molecule has 6 nitrogen and oxygen atoms in total. The number of halogens is 1. The first-order valence-electron chi connectivity index (χ1n) is 8.03. The molecule has 4 N–H and O–H groups in total. The Morgan fingerprint density at radius 2 is 1.79 bits per heavy atom. The zero-order chi connectivity index (χ0) is 16.5. The van der Waals surface area contributed by atoms with Gasteiger partial charge in [-0.1, -0.05) is 30.3 Å². The molecule has 0 radical (unpaired) electrons. The molecule has 0 atom stereocenters. The molecule has 0 spiro atoms. The Kier molecular flexibility index (Phi) is 8.74. The average molecular weight is 356 g/mol. The largest absolute Gasteiger partial charge is 0.381 e. The van der Waals surface area contributed by atoms with Gasteiger partial charge in [-0.25, -0.2) is 0 Å². The van der Waals surface area contributed by atoms with Gasteiger partial charge in [-0.3, -0.25) is 9.59 Å². The number of rotatable bonds is 7. The summed E-state index contributed by atoms with van der Waals surface area (Å²) in [5, 5.41) is 5.68. The Labute approximate surface area is 148 Å². The van der Waals surface area contributed by atoms with Crippen molar-refractivity contribution >= 4 is 24.2 Å². The van der Waals surface area contributed by atoms with Crippen LogP contribution in [0.25, 0.3) is 0 Å². The molecule has 1 aromatic carbocycles. The van der Waals surface area contributed by atoms with Gasteiger partial charge in [-0.05, 0) is 18.4 Å².